The summed E-state index contributed by atoms with van der Waals surface area (Å²) in [6, 6.07) is 32.1. The first-order valence-corrected chi connectivity index (χ1v) is 15.8. The molecule has 1 aliphatic rings. The molecule has 45 heavy (non-hydrogen) atoms. The molecule has 4 aromatic rings. The molecule has 0 bridgehead atoms. The van der Waals surface area contributed by atoms with Gasteiger partial charge in [-0.15, -0.1) is 0 Å². The monoisotopic (exact) mass is 612 g/mol. The van der Waals surface area contributed by atoms with E-state index in [1.54, 1.807) is 0 Å². The maximum absolute atomic E-state index is 10.5. The molecule has 7 nitrogen and oxygen atoms in total. The van der Waals surface area contributed by atoms with Crippen LogP contribution in [-0.2, 0) is 4.74 Å². The molecular weight excluding hydrogens is 568 g/mol. The second-order valence-corrected chi connectivity index (χ2v) is 11.6. The first kappa shape index (κ1) is 32.4. The fraction of sp³-hybridized carbons (Fsp3) is 0.368. The quantitative estimate of drug-likeness (QED) is 0.128. The van der Waals surface area contributed by atoms with Gasteiger partial charge < -0.3 is 33.9 Å². The van der Waals surface area contributed by atoms with Gasteiger partial charge in [0.15, 0.2) is 0 Å². The third kappa shape index (κ3) is 9.72. The second kappa shape index (κ2) is 15.8. The van der Waals surface area contributed by atoms with Crippen molar-refractivity contribution in [1.29, 1.82) is 0 Å². The highest BCUT2D eigenvalue weighted by Gasteiger charge is 2.23. The number of ether oxygens (including phenoxy) is 5. The lowest BCUT2D eigenvalue weighted by molar-refractivity contribution is 0.0626. The molecule has 0 aromatic heterocycles. The molecule has 5 unspecified atom stereocenters. The fourth-order valence-corrected chi connectivity index (χ4v) is 4.89. The first-order valence-electron chi connectivity index (χ1n) is 15.8. The summed E-state index contributed by atoms with van der Waals surface area (Å²) in [6.45, 7) is 8.21. The number of rotatable bonds is 17. The van der Waals surface area contributed by atoms with Crippen molar-refractivity contribution in [1.82, 2.24) is 0 Å². The van der Waals surface area contributed by atoms with E-state index in [2.05, 4.69) is 50.2 Å². The van der Waals surface area contributed by atoms with Crippen LogP contribution in [0.3, 0.4) is 0 Å². The van der Waals surface area contributed by atoms with Crippen LogP contribution >= 0.6 is 0 Å². The molecule has 1 aliphatic heterocycles. The van der Waals surface area contributed by atoms with E-state index in [0.717, 1.165) is 23.7 Å². The number of hydrogen-bond donors (Lipinski definition) is 2. The van der Waals surface area contributed by atoms with Crippen molar-refractivity contribution in [3.63, 3.8) is 0 Å². The lowest BCUT2D eigenvalue weighted by Crippen LogP contribution is -2.25. The van der Waals surface area contributed by atoms with Crippen LogP contribution in [0.15, 0.2) is 97.1 Å². The molecule has 5 rings (SSSR count). The average Bonchev–Trinajstić information content (AvgIpc) is 3.93. The van der Waals surface area contributed by atoms with Crippen molar-refractivity contribution in [2.24, 2.45) is 0 Å². The molecule has 7 heteroatoms. The smallest absolute Gasteiger partial charge is 0.122 e. The molecule has 0 radical (unpaired) electrons. The number of epoxide rings is 1. The Morgan fingerprint density at radius 1 is 0.556 bits per heavy atom. The van der Waals surface area contributed by atoms with Gasteiger partial charge in [-0.2, -0.15) is 0 Å². The van der Waals surface area contributed by atoms with Gasteiger partial charge >= 0.3 is 0 Å². The number of benzene rings is 4. The van der Waals surface area contributed by atoms with Gasteiger partial charge in [0.25, 0.3) is 0 Å². The van der Waals surface area contributed by atoms with Gasteiger partial charge in [0, 0.05) is 11.8 Å². The summed E-state index contributed by atoms with van der Waals surface area (Å²) in [7, 11) is 0. The van der Waals surface area contributed by atoms with E-state index in [9.17, 15) is 10.2 Å². The summed E-state index contributed by atoms with van der Waals surface area (Å²) in [4.78, 5) is 0. The summed E-state index contributed by atoms with van der Waals surface area (Å²) in [6.07, 6.45) is -0.306. The van der Waals surface area contributed by atoms with Gasteiger partial charge in [0.1, 0.15) is 61.6 Å². The summed E-state index contributed by atoms with van der Waals surface area (Å²) in [5.74, 6) is 3.41. The molecule has 1 saturated heterocycles. The normalized spacial score (nSPS) is 16.7. The topological polar surface area (TPSA) is 89.9 Å². The predicted octanol–water partition coefficient (Wildman–Crippen LogP) is 6.74. The maximum atomic E-state index is 10.5. The molecule has 2 N–H and O–H groups in total. The van der Waals surface area contributed by atoms with Crippen molar-refractivity contribution in [2.75, 3.05) is 33.0 Å². The fourth-order valence-electron chi connectivity index (χ4n) is 4.89. The molecule has 238 valence electrons. The Kier molecular flexibility index (Phi) is 11.4. The van der Waals surface area contributed by atoms with Gasteiger partial charge in [-0.25, -0.2) is 0 Å². The van der Waals surface area contributed by atoms with Crippen molar-refractivity contribution >= 4 is 0 Å². The van der Waals surface area contributed by atoms with Gasteiger partial charge in [-0.1, -0.05) is 69.3 Å². The molecule has 4 aromatic carbocycles. The van der Waals surface area contributed by atoms with Gasteiger partial charge in [-0.05, 0) is 77.2 Å². The summed E-state index contributed by atoms with van der Waals surface area (Å²) < 4.78 is 28.2. The van der Waals surface area contributed by atoms with Gasteiger partial charge in [0.05, 0.1) is 12.7 Å². The molecular formula is C38H44O7. The van der Waals surface area contributed by atoms with Crippen LogP contribution in [0, 0.1) is 0 Å². The predicted molar refractivity (Wildman–Crippen MR) is 175 cm³/mol. The average molecular weight is 613 g/mol. The Morgan fingerprint density at radius 3 is 1.18 bits per heavy atom. The van der Waals surface area contributed by atoms with E-state index in [1.165, 1.54) is 16.7 Å². The van der Waals surface area contributed by atoms with Gasteiger partial charge in [0.2, 0.25) is 0 Å². The van der Waals surface area contributed by atoms with Crippen LogP contribution in [0.25, 0.3) is 0 Å². The lowest BCUT2D eigenvalue weighted by atomic mass is 9.93. The standard InChI is InChI=1S/C38H44O7/c1-4-32(39)21-41-34-13-5-28(6-14-34)26(2)29-7-15-35(16-8-29)42-22-33(40)23-43-36-17-9-30(10-18-36)27(3)31-11-19-37(20-12-31)44-24-38-25-45-38/h5-20,26-27,32-33,38-40H,4,21-25H2,1-3H3. The Balaban J connectivity index is 1.03. The van der Waals surface area contributed by atoms with E-state index in [1.807, 2.05) is 67.6 Å². The van der Waals surface area contributed by atoms with Crippen LogP contribution in [-0.4, -0.2) is 61.6 Å². The van der Waals surface area contributed by atoms with Crippen LogP contribution in [0.5, 0.6) is 23.0 Å². The van der Waals surface area contributed by atoms with E-state index in [4.69, 9.17) is 23.7 Å². The summed E-state index contributed by atoms with van der Waals surface area (Å²) in [5.41, 5.74) is 4.71. The minimum atomic E-state index is -0.770. The molecule has 0 spiro atoms. The minimum Gasteiger partial charge on any atom is -0.491 e. The lowest BCUT2D eigenvalue weighted by Gasteiger charge is -2.17. The SMILES string of the molecule is CCC(O)COc1ccc(C(C)c2ccc(OCC(O)COc3ccc(C(C)c4ccc(OCC5CO5)cc4)cc3)cc2)cc1. The molecule has 0 aliphatic carbocycles. The van der Waals surface area contributed by atoms with Crippen molar-refractivity contribution in [2.45, 2.75) is 57.3 Å². The van der Waals surface area contributed by atoms with Crippen LogP contribution in [0.1, 0.15) is 61.3 Å². The highest BCUT2D eigenvalue weighted by atomic mass is 16.6. The first-order chi connectivity index (χ1) is 21.9. The zero-order valence-electron chi connectivity index (χ0n) is 26.3. The second-order valence-electron chi connectivity index (χ2n) is 11.6. The highest BCUT2D eigenvalue weighted by Crippen LogP contribution is 2.29. The minimum absolute atomic E-state index is 0.131. The molecule has 0 saturated carbocycles. The molecule has 1 fully saturated rings. The Hall–Kier alpha value is -4.04. The van der Waals surface area contributed by atoms with Crippen molar-refractivity contribution in [3.05, 3.63) is 119 Å². The largest absolute Gasteiger partial charge is 0.491 e. The zero-order chi connectivity index (χ0) is 31.6. The van der Waals surface area contributed by atoms with E-state index < -0.39 is 12.2 Å². The third-order valence-corrected chi connectivity index (χ3v) is 8.16. The number of aliphatic hydroxyl groups excluding tert-OH is 2. The Morgan fingerprint density at radius 2 is 0.867 bits per heavy atom. The number of hydrogen-bond acceptors (Lipinski definition) is 7. The maximum Gasteiger partial charge on any atom is 0.122 e. The van der Waals surface area contributed by atoms with Gasteiger partial charge in [-0.3, -0.25) is 0 Å². The van der Waals surface area contributed by atoms with Crippen LogP contribution in [0.2, 0.25) is 0 Å². The van der Waals surface area contributed by atoms with Crippen LogP contribution in [0.4, 0.5) is 0 Å². The van der Waals surface area contributed by atoms with Crippen LogP contribution < -0.4 is 18.9 Å². The Labute approximate surface area is 266 Å². The van der Waals surface area contributed by atoms with Crippen molar-refractivity contribution in [3.8, 4) is 23.0 Å². The van der Waals surface area contributed by atoms with E-state index in [-0.39, 0.29) is 31.2 Å². The summed E-state index contributed by atoms with van der Waals surface area (Å²) >= 11 is 0. The molecule has 0 amide bonds. The van der Waals surface area contributed by atoms with E-state index in [0.29, 0.717) is 31.1 Å². The zero-order valence-corrected chi connectivity index (χ0v) is 26.3. The third-order valence-electron chi connectivity index (χ3n) is 8.16. The molecule has 1 heterocycles. The number of aliphatic hydroxyl groups is 2. The highest BCUT2D eigenvalue weighted by molar-refractivity contribution is 5.39. The molecule has 5 atom stereocenters. The summed E-state index contributed by atoms with van der Waals surface area (Å²) in [5, 5.41) is 20.2. The van der Waals surface area contributed by atoms with E-state index >= 15 is 0 Å². The Bertz CT molecular complexity index is 1430. The van der Waals surface area contributed by atoms with Crippen molar-refractivity contribution < 1.29 is 33.9 Å².